The number of allylic oxidation sites excluding steroid dienone is 1. The lowest BCUT2D eigenvalue weighted by Crippen LogP contribution is -1.99. The third kappa shape index (κ3) is 24600. The summed E-state index contributed by atoms with van der Waals surface area (Å²) in [6.07, 6.45) is 0. The molecule has 0 amide bonds. The molecule has 0 saturated carbocycles. The number of hydrogen-bond donors (Lipinski definition) is 0. The molecule has 0 spiro atoms. The van der Waals surface area contributed by atoms with Crippen molar-refractivity contribution in [3.63, 3.8) is 0 Å². The van der Waals surface area contributed by atoms with Gasteiger partial charge in [-0.05, 0) is 40.9 Å². The molecule has 0 saturated heterocycles. The monoisotopic (exact) mass is 237 g/mol. The fourth-order valence-corrected chi connectivity index (χ4v) is 0. The van der Waals surface area contributed by atoms with Crippen LogP contribution in [0.25, 0.3) is 0 Å². The van der Waals surface area contributed by atoms with E-state index in [1.807, 2.05) is 39.9 Å². The van der Waals surface area contributed by atoms with Crippen LogP contribution in [0.2, 0.25) is 0 Å². The zero-order valence-electron chi connectivity index (χ0n) is 10.2. The number of hydrogen-bond acceptors (Lipinski definition) is 1. The molecule has 108 valence electrons. The third-order valence-electron chi connectivity index (χ3n) is 0. The lowest BCUT2D eigenvalue weighted by molar-refractivity contribution is 0.505. The van der Waals surface area contributed by atoms with Crippen LogP contribution in [-0.4, -0.2) is 26.0 Å². The van der Waals surface area contributed by atoms with Gasteiger partial charge in [0.2, 0.25) is 0 Å². The van der Waals surface area contributed by atoms with Crippen molar-refractivity contribution in [3.8, 4) is 0 Å². The van der Waals surface area contributed by atoms with Crippen LogP contribution in [0.4, 0.5) is 0 Å². The standard InChI is InChI=1S/C4H10.C4H8.C3H9N.4CH4/c3*1-4(2)3;;;;/h4H,1-3H3;1H2,2-3H3;1-3H3;4*1H4. The Bertz CT molecular complexity index is 67.9. The number of rotatable bonds is 0. The van der Waals surface area contributed by atoms with Crippen molar-refractivity contribution in [2.24, 2.45) is 5.92 Å². The normalized spacial score (nSPS) is 6.12. The molecule has 0 heterocycles. The number of nitrogens with zero attached hydrogens (tertiary/aromatic N) is 1. The minimum Gasteiger partial charge on any atom is -0.312 e. The lowest BCUT2D eigenvalue weighted by Gasteiger charge is -1.90. The largest absolute Gasteiger partial charge is 0.312 e. The highest BCUT2D eigenvalue weighted by Crippen LogP contribution is 1.81. The topological polar surface area (TPSA) is 3.24 Å². The van der Waals surface area contributed by atoms with E-state index in [4.69, 9.17) is 0 Å². The quantitative estimate of drug-likeness (QED) is 0.469. The summed E-state index contributed by atoms with van der Waals surface area (Å²) in [5.74, 6) is 0.833. The van der Waals surface area contributed by atoms with Crippen LogP contribution in [0, 0.1) is 5.92 Å². The zero-order chi connectivity index (χ0) is 10.7. The second-order valence-electron chi connectivity index (χ2n) is 4.28. The maximum atomic E-state index is 3.56. The molecule has 0 atom stereocenters. The molecule has 0 bridgehead atoms. The minimum absolute atomic E-state index is 0. The molecule has 0 N–H and O–H groups in total. The summed E-state index contributed by atoms with van der Waals surface area (Å²) in [5, 5.41) is 0. The first kappa shape index (κ1) is 44.8. The van der Waals surface area contributed by atoms with Gasteiger partial charge in [0.25, 0.3) is 0 Å². The van der Waals surface area contributed by atoms with Crippen molar-refractivity contribution in [2.75, 3.05) is 21.1 Å². The minimum atomic E-state index is 0. The van der Waals surface area contributed by atoms with Crippen molar-refractivity contribution < 1.29 is 0 Å². The SMILES string of the molecule is C.C.C.C.C=C(C)C.CC(C)C.CN(C)C. The predicted octanol–water partition coefficient (Wildman–Crippen LogP) is 5.97. The second kappa shape index (κ2) is 36.5. The van der Waals surface area contributed by atoms with E-state index in [0.29, 0.717) is 0 Å². The molecule has 16 heavy (non-hydrogen) atoms. The Morgan fingerprint density at radius 1 is 0.812 bits per heavy atom. The summed E-state index contributed by atoms with van der Waals surface area (Å²) >= 11 is 0. The molecule has 0 aliphatic carbocycles. The highest BCUT2D eigenvalue weighted by atomic mass is 15.0. The Kier molecular flexibility index (Phi) is 102. The molecule has 0 rings (SSSR count). The first-order chi connectivity index (χ1) is 5.20. The lowest BCUT2D eigenvalue weighted by atomic mass is 10.3. The molecule has 0 fully saturated rings. The van der Waals surface area contributed by atoms with Gasteiger partial charge in [0.15, 0.2) is 0 Å². The fraction of sp³-hybridized carbons (Fsp3) is 0.867. The van der Waals surface area contributed by atoms with Gasteiger partial charge in [-0.15, -0.1) is 6.58 Å². The van der Waals surface area contributed by atoms with Crippen molar-refractivity contribution in [1.82, 2.24) is 4.90 Å². The Labute approximate surface area is 109 Å². The molecule has 0 unspecified atom stereocenters. The Balaban J connectivity index is -0.0000000135. The van der Waals surface area contributed by atoms with E-state index in [-0.39, 0.29) is 29.7 Å². The predicted molar refractivity (Wildman–Crippen MR) is 87.5 cm³/mol. The smallest absolute Gasteiger partial charge is 0.0140 e. The van der Waals surface area contributed by atoms with Crippen molar-refractivity contribution in [1.29, 1.82) is 0 Å². The maximum Gasteiger partial charge on any atom is -0.0140 e. The van der Waals surface area contributed by atoms with Gasteiger partial charge in [0, 0.05) is 0 Å². The average molecular weight is 238 g/mol. The van der Waals surface area contributed by atoms with Gasteiger partial charge in [-0.1, -0.05) is 56.1 Å². The van der Waals surface area contributed by atoms with E-state index in [1.54, 1.807) is 0 Å². The molecule has 0 aliphatic rings. The summed E-state index contributed by atoms with van der Waals surface area (Å²) in [6.45, 7) is 14.0. The Morgan fingerprint density at radius 2 is 0.812 bits per heavy atom. The van der Waals surface area contributed by atoms with Gasteiger partial charge >= 0.3 is 0 Å². The second-order valence-corrected chi connectivity index (χ2v) is 4.28. The summed E-state index contributed by atoms with van der Waals surface area (Å²) < 4.78 is 0. The van der Waals surface area contributed by atoms with Crippen LogP contribution < -0.4 is 0 Å². The molecule has 0 aromatic heterocycles. The van der Waals surface area contributed by atoms with E-state index in [0.717, 1.165) is 5.92 Å². The highest BCUT2D eigenvalue weighted by molar-refractivity contribution is 4.78. The van der Waals surface area contributed by atoms with E-state index < -0.39 is 0 Å². The van der Waals surface area contributed by atoms with Crippen molar-refractivity contribution in [3.05, 3.63) is 12.2 Å². The van der Waals surface area contributed by atoms with Gasteiger partial charge in [-0.3, -0.25) is 0 Å². The average Bonchev–Trinajstić information content (AvgIpc) is 1.54. The van der Waals surface area contributed by atoms with Crippen LogP contribution in [0.3, 0.4) is 0 Å². The summed E-state index contributed by atoms with van der Waals surface area (Å²) in [5.41, 5.74) is 1.17. The van der Waals surface area contributed by atoms with E-state index in [9.17, 15) is 0 Å². The Morgan fingerprint density at radius 3 is 0.812 bits per heavy atom. The van der Waals surface area contributed by atoms with E-state index in [1.165, 1.54) is 5.57 Å². The molecule has 0 radical (unpaired) electrons. The van der Waals surface area contributed by atoms with Gasteiger partial charge < -0.3 is 4.90 Å². The molecule has 0 aromatic carbocycles. The van der Waals surface area contributed by atoms with E-state index in [2.05, 4.69) is 27.4 Å². The van der Waals surface area contributed by atoms with Crippen LogP contribution in [-0.2, 0) is 0 Å². The molecule has 0 aliphatic heterocycles. The first-order valence-corrected chi connectivity index (χ1v) is 4.43. The van der Waals surface area contributed by atoms with Crippen LogP contribution >= 0.6 is 0 Å². The van der Waals surface area contributed by atoms with Crippen LogP contribution in [0.15, 0.2) is 12.2 Å². The molecular weight excluding hydrogens is 194 g/mol. The first-order valence-electron chi connectivity index (χ1n) is 4.43. The van der Waals surface area contributed by atoms with Gasteiger partial charge in [0.1, 0.15) is 0 Å². The van der Waals surface area contributed by atoms with Crippen LogP contribution in [0.5, 0.6) is 0 Å². The molecule has 1 nitrogen and oxygen atoms in total. The molecule has 1 heteroatoms. The van der Waals surface area contributed by atoms with Crippen LogP contribution in [0.1, 0.15) is 64.3 Å². The van der Waals surface area contributed by atoms with Crippen molar-refractivity contribution >= 4 is 0 Å². The van der Waals surface area contributed by atoms with Gasteiger partial charge in [-0.2, -0.15) is 0 Å². The zero-order valence-corrected chi connectivity index (χ0v) is 10.2. The molecule has 0 aromatic rings. The summed E-state index contributed by atoms with van der Waals surface area (Å²) in [7, 11) is 6.00. The van der Waals surface area contributed by atoms with Gasteiger partial charge in [-0.25, -0.2) is 0 Å². The van der Waals surface area contributed by atoms with Gasteiger partial charge in [0.05, 0.1) is 0 Å². The third-order valence-corrected chi connectivity index (χ3v) is 0. The molecular formula is C15H43N. The highest BCUT2D eigenvalue weighted by Gasteiger charge is 1.68. The summed E-state index contributed by atoms with van der Waals surface area (Å²) in [6, 6.07) is 0. The van der Waals surface area contributed by atoms with E-state index >= 15 is 0 Å². The van der Waals surface area contributed by atoms with Crippen molar-refractivity contribution in [2.45, 2.75) is 64.3 Å². The Hall–Kier alpha value is -0.300. The maximum absolute atomic E-state index is 3.56. The summed E-state index contributed by atoms with van der Waals surface area (Å²) in [4.78, 5) is 2.00. The fourth-order valence-electron chi connectivity index (χ4n) is 0.